The Hall–Kier alpha value is -3.91. The average Bonchev–Trinajstić information content (AvgIpc) is 3.44. The lowest BCUT2D eigenvalue weighted by Crippen LogP contribution is -2.43. The van der Waals surface area contributed by atoms with Gasteiger partial charge in [-0.3, -0.25) is 9.88 Å². The Balaban J connectivity index is 1.16. The Kier molecular flexibility index (Phi) is 7.95. The maximum atomic E-state index is 6.07. The second kappa shape index (κ2) is 12.1. The van der Waals surface area contributed by atoms with Gasteiger partial charge in [-0.2, -0.15) is 0 Å². The molecule has 3 aromatic carbocycles. The second-order valence-electron chi connectivity index (χ2n) is 10.3. The monoisotopic (exact) mass is 550 g/mol. The molecule has 0 amide bonds. The molecule has 2 aromatic heterocycles. The van der Waals surface area contributed by atoms with Crippen molar-refractivity contribution in [2.24, 2.45) is 0 Å². The van der Waals surface area contributed by atoms with Crippen molar-refractivity contribution in [1.82, 2.24) is 14.8 Å². The van der Waals surface area contributed by atoms with Crippen molar-refractivity contribution < 1.29 is 9.47 Å². The molecule has 7 heteroatoms. The van der Waals surface area contributed by atoms with Gasteiger partial charge < -0.3 is 19.7 Å². The Bertz CT molecular complexity index is 1580. The van der Waals surface area contributed by atoms with Crippen molar-refractivity contribution in [3.63, 3.8) is 0 Å². The topological polar surface area (TPSA) is 49.9 Å². The highest BCUT2D eigenvalue weighted by Gasteiger charge is 2.15. The first-order valence-electron chi connectivity index (χ1n) is 13.6. The molecule has 6 nitrogen and oxygen atoms in total. The minimum atomic E-state index is 0.495. The molecule has 1 aliphatic rings. The minimum absolute atomic E-state index is 0.495. The normalized spacial score (nSPS) is 14.3. The summed E-state index contributed by atoms with van der Waals surface area (Å²) < 4.78 is 12.5. The van der Waals surface area contributed by atoms with Gasteiger partial charge in [0.05, 0.1) is 23.0 Å². The number of fused-ring (bicyclic) bond motifs is 1. The number of aromatic nitrogens is 1. The number of pyridine rings is 1. The lowest BCUT2D eigenvalue weighted by atomic mass is 10.1. The van der Waals surface area contributed by atoms with Crippen LogP contribution in [0.1, 0.15) is 11.1 Å². The number of methoxy groups -OCH3 is 1. The van der Waals surface area contributed by atoms with Gasteiger partial charge >= 0.3 is 0 Å². The van der Waals surface area contributed by atoms with Gasteiger partial charge in [0, 0.05) is 55.6 Å². The number of ether oxygens (including phenoxy) is 2. The maximum absolute atomic E-state index is 6.07. The van der Waals surface area contributed by atoms with Crippen LogP contribution in [-0.2, 0) is 13.2 Å². The molecule has 0 atom stereocenters. The highest BCUT2D eigenvalue weighted by atomic mass is 32.1. The predicted molar refractivity (Wildman–Crippen MR) is 165 cm³/mol. The van der Waals surface area contributed by atoms with Gasteiger partial charge in [-0.25, -0.2) is 0 Å². The standard InChI is InChI=1S/C33H34N4O2S/c1-36-15-17-37(18-16-36)22-25-5-3-6-26(19-25)32-21-31-33(40-32)30(13-14-34-31)35-27-7-4-8-29(20-27)39-23-24-9-11-28(38-2)12-10-24/h3-14,19-21H,15-18,22-23H2,1-2H3,(H,34,35). The molecular weight excluding hydrogens is 516 g/mol. The molecule has 0 radical (unpaired) electrons. The number of likely N-dealkylation sites (N-methyl/N-ethyl adjacent to an activating group) is 1. The van der Waals surface area contributed by atoms with E-state index < -0.39 is 0 Å². The highest BCUT2D eigenvalue weighted by Crippen LogP contribution is 2.38. The van der Waals surface area contributed by atoms with Gasteiger partial charge in [0.1, 0.15) is 18.1 Å². The third-order valence-electron chi connectivity index (χ3n) is 7.30. The lowest BCUT2D eigenvalue weighted by molar-refractivity contribution is 0.148. The molecule has 40 heavy (non-hydrogen) atoms. The van der Waals surface area contributed by atoms with E-state index in [4.69, 9.17) is 9.47 Å². The van der Waals surface area contributed by atoms with E-state index in [1.54, 1.807) is 18.4 Å². The van der Waals surface area contributed by atoms with Crippen LogP contribution in [0.25, 0.3) is 20.7 Å². The summed E-state index contributed by atoms with van der Waals surface area (Å²) in [6.45, 7) is 6.00. The summed E-state index contributed by atoms with van der Waals surface area (Å²) in [5, 5.41) is 3.60. The molecule has 3 heterocycles. The van der Waals surface area contributed by atoms with Crippen molar-refractivity contribution >= 4 is 32.9 Å². The van der Waals surface area contributed by atoms with Crippen LogP contribution in [0.3, 0.4) is 0 Å². The Labute approximate surface area is 239 Å². The SMILES string of the molecule is COc1ccc(COc2cccc(Nc3ccnc4cc(-c5cccc(CN6CCN(C)CC6)c5)sc34)c2)cc1. The number of nitrogens with zero attached hydrogens (tertiary/aromatic N) is 3. The Morgan fingerprint density at radius 2 is 1.68 bits per heavy atom. The Morgan fingerprint density at radius 3 is 2.50 bits per heavy atom. The molecule has 1 fully saturated rings. The van der Waals surface area contributed by atoms with E-state index in [1.807, 2.05) is 54.7 Å². The predicted octanol–water partition coefficient (Wildman–Crippen LogP) is 7.04. The van der Waals surface area contributed by atoms with Crippen LogP contribution in [0, 0.1) is 0 Å². The van der Waals surface area contributed by atoms with Gasteiger partial charge in [-0.05, 0) is 66.2 Å². The van der Waals surface area contributed by atoms with E-state index in [-0.39, 0.29) is 0 Å². The van der Waals surface area contributed by atoms with E-state index in [9.17, 15) is 0 Å². The van der Waals surface area contributed by atoms with E-state index in [2.05, 4.69) is 63.5 Å². The number of rotatable bonds is 9. The summed E-state index contributed by atoms with van der Waals surface area (Å²) in [6, 6.07) is 29.2. The van der Waals surface area contributed by atoms with Crippen LogP contribution in [0.4, 0.5) is 11.4 Å². The van der Waals surface area contributed by atoms with Crippen LogP contribution in [0.2, 0.25) is 0 Å². The fraction of sp³-hybridized carbons (Fsp3) is 0.242. The molecule has 1 N–H and O–H groups in total. The molecule has 0 aliphatic carbocycles. The minimum Gasteiger partial charge on any atom is -0.497 e. The summed E-state index contributed by atoms with van der Waals surface area (Å²) in [5.74, 6) is 1.66. The average molecular weight is 551 g/mol. The molecule has 0 spiro atoms. The fourth-order valence-corrected chi connectivity index (χ4v) is 6.05. The molecule has 0 unspecified atom stereocenters. The highest BCUT2D eigenvalue weighted by molar-refractivity contribution is 7.22. The van der Waals surface area contributed by atoms with Gasteiger partial charge in [0.25, 0.3) is 0 Å². The van der Waals surface area contributed by atoms with Crippen molar-refractivity contribution in [3.8, 4) is 21.9 Å². The van der Waals surface area contributed by atoms with E-state index in [0.717, 1.165) is 71.4 Å². The van der Waals surface area contributed by atoms with Crippen LogP contribution < -0.4 is 14.8 Å². The molecule has 1 aliphatic heterocycles. The third-order valence-corrected chi connectivity index (χ3v) is 8.51. The Morgan fingerprint density at radius 1 is 0.850 bits per heavy atom. The number of anilines is 2. The van der Waals surface area contributed by atoms with Crippen molar-refractivity contribution in [2.75, 3.05) is 45.7 Å². The summed E-state index contributed by atoms with van der Waals surface area (Å²) in [5.41, 5.74) is 6.72. The van der Waals surface area contributed by atoms with Crippen molar-refractivity contribution in [1.29, 1.82) is 0 Å². The first kappa shape index (κ1) is 26.3. The summed E-state index contributed by atoms with van der Waals surface area (Å²) >= 11 is 1.78. The second-order valence-corrected chi connectivity index (χ2v) is 11.3. The summed E-state index contributed by atoms with van der Waals surface area (Å²) in [7, 11) is 3.87. The molecule has 0 bridgehead atoms. The number of nitrogens with one attached hydrogen (secondary N) is 1. The third kappa shape index (κ3) is 6.28. The number of benzene rings is 3. The largest absolute Gasteiger partial charge is 0.497 e. The summed E-state index contributed by atoms with van der Waals surface area (Å²) in [6.07, 6.45) is 1.87. The van der Waals surface area contributed by atoms with Crippen LogP contribution in [-0.4, -0.2) is 55.1 Å². The zero-order chi connectivity index (χ0) is 27.3. The number of hydrogen-bond acceptors (Lipinski definition) is 7. The van der Waals surface area contributed by atoms with E-state index in [0.29, 0.717) is 6.61 Å². The van der Waals surface area contributed by atoms with E-state index >= 15 is 0 Å². The van der Waals surface area contributed by atoms with E-state index in [1.165, 1.54) is 16.0 Å². The maximum Gasteiger partial charge on any atom is 0.121 e. The number of thiophene rings is 1. The van der Waals surface area contributed by atoms with Crippen LogP contribution in [0.15, 0.2) is 91.1 Å². The fourth-order valence-electron chi connectivity index (χ4n) is 4.97. The lowest BCUT2D eigenvalue weighted by Gasteiger charge is -2.32. The molecule has 6 rings (SSSR count). The summed E-state index contributed by atoms with van der Waals surface area (Å²) in [4.78, 5) is 10.8. The molecular formula is C33H34N4O2S. The zero-order valence-electron chi connectivity index (χ0n) is 23.0. The van der Waals surface area contributed by atoms with Gasteiger partial charge in [0.15, 0.2) is 0 Å². The molecule has 204 valence electrons. The molecule has 5 aromatic rings. The number of hydrogen-bond donors (Lipinski definition) is 1. The number of piperazine rings is 1. The van der Waals surface area contributed by atoms with Crippen LogP contribution in [0.5, 0.6) is 11.5 Å². The van der Waals surface area contributed by atoms with Crippen LogP contribution >= 0.6 is 11.3 Å². The molecule has 0 saturated carbocycles. The quantitative estimate of drug-likeness (QED) is 0.212. The first-order valence-corrected chi connectivity index (χ1v) is 14.5. The van der Waals surface area contributed by atoms with Gasteiger partial charge in [0.2, 0.25) is 0 Å². The van der Waals surface area contributed by atoms with Crippen molar-refractivity contribution in [2.45, 2.75) is 13.2 Å². The van der Waals surface area contributed by atoms with Crippen molar-refractivity contribution in [3.05, 3.63) is 102 Å². The smallest absolute Gasteiger partial charge is 0.121 e. The zero-order valence-corrected chi connectivity index (χ0v) is 23.8. The molecule has 1 saturated heterocycles. The van der Waals surface area contributed by atoms with Gasteiger partial charge in [-0.15, -0.1) is 11.3 Å². The van der Waals surface area contributed by atoms with Gasteiger partial charge in [-0.1, -0.05) is 36.4 Å². The first-order chi connectivity index (χ1) is 19.6.